The lowest BCUT2D eigenvalue weighted by Gasteiger charge is -2.18. The summed E-state index contributed by atoms with van der Waals surface area (Å²) < 4.78 is 51.2. The molecule has 1 atom stereocenters. The largest absolute Gasteiger partial charge is 0.446 e. The molecule has 2 saturated heterocycles. The van der Waals surface area contributed by atoms with Crippen LogP contribution in [0.5, 0.6) is 0 Å². The molecule has 5 rings (SSSR count). The molecule has 1 aromatic carbocycles. The fraction of sp³-hybridized carbons (Fsp3) is 0.375. The highest BCUT2D eigenvalue weighted by Crippen LogP contribution is 2.39. The van der Waals surface area contributed by atoms with Gasteiger partial charge in [-0.3, -0.25) is 4.68 Å². The lowest BCUT2D eigenvalue weighted by molar-refractivity contribution is -0.0467. The Kier molecular flexibility index (Phi) is 3.77. The number of carbonyl (C=O) groups excluding carboxylic acids is 1. The number of ether oxygens (including phenoxy) is 3. The molecule has 2 aliphatic rings. The highest BCUT2D eigenvalue weighted by molar-refractivity contribution is 5.99. The maximum absolute atomic E-state index is 14.6. The summed E-state index contributed by atoms with van der Waals surface area (Å²) in [5, 5.41) is 7.86. The van der Waals surface area contributed by atoms with E-state index in [2.05, 4.69) is 15.2 Å². The zero-order valence-corrected chi connectivity index (χ0v) is 14.5. The van der Waals surface area contributed by atoms with Crippen LogP contribution in [0.4, 0.5) is 19.4 Å². The fourth-order valence-corrected chi connectivity index (χ4v) is 3.36. The third-order valence-electron chi connectivity index (χ3n) is 4.68. The average Bonchev–Trinajstić information content (AvgIpc) is 3.45. The molecular weight excluding hydrogens is 380 g/mol. The van der Waals surface area contributed by atoms with Crippen LogP contribution in [0, 0.1) is 11.6 Å². The van der Waals surface area contributed by atoms with E-state index >= 15 is 0 Å². The van der Waals surface area contributed by atoms with E-state index in [4.69, 9.17) is 18.7 Å². The Morgan fingerprint density at radius 3 is 2.71 bits per heavy atom. The van der Waals surface area contributed by atoms with Gasteiger partial charge in [0, 0.05) is 12.6 Å². The molecule has 0 spiro atoms. The van der Waals surface area contributed by atoms with E-state index in [1.54, 1.807) is 7.05 Å². The highest BCUT2D eigenvalue weighted by atomic mass is 19.2. The molecular formula is C16H13F2N5O5. The minimum absolute atomic E-state index is 0.00883. The van der Waals surface area contributed by atoms with Gasteiger partial charge in [0.15, 0.2) is 23.7 Å². The molecule has 10 nitrogen and oxygen atoms in total. The van der Waals surface area contributed by atoms with Crippen molar-refractivity contribution in [1.29, 1.82) is 0 Å². The first kappa shape index (κ1) is 17.0. The van der Waals surface area contributed by atoms with E-state index in [-0.39, 0.29) is 36.6 Å². The molecule has 2 aromatic heterocycles. The minimum Gasteiger partial charge on any atom is -0.446 e. The Bertz CT molecular complexity index is 1080. The van der Waals surface area contributed by atoms with Crippen LogP contribution in [-0.2, 0) is 21.3 Å². The summed E-state index contributed by atoms with van der Waals surface area (Å²) in [6, 6.07) is 0.637. The first-order chi connectivity index (χ1) is 13.6. The van der Waals surface area contributed by atoms with Gasteiger partial charge in [0.25, 0.3) is 0 Å². The summed E-state index contributed by atoms with van der Waals surface area (Å²) in [6.45, 7) is 0.505. The predicted octanol–water partition coefficient (Wildman–Crippen LogP) is 1.98. The van der Waals surface area contributed by atoms with Crippen molar-refractivity contribution in [3.05, 3.63) is 35.4 Å². The number of fused-ring (bicyclic) bond motifs is 1. The molecule has 4 heterocycles. The monoisotopic (exact) mass is 393 g/mol. The van der Waals surface area contributed by atoms with Crippen LogP contribution in [0.2, 0.25) is 0 Å². The Labute approximate surface area is 155 Å². The molecule has 2 fully saturated rings. The number of benzene rings is 1. The topological polar surface area (TPSA) is 105 Å². The van der Waals surface area contributed by atoms with Gasteiger partial charge >= 0.3 is 6.09 Å². The van der Waals surface area contributed by atoms with Crippen molar-refractivity contribution in [2.24, 2.45) is 7.05 Å². The molecule has 2 aliphatic heterocycles. The Morgan fingerprint density at radius 2 is 2.00 bits per heavy atom. The predicted molar refractivity (Wildman–Crippen MR) is 86.1 cm³/mol. The molecule has 0 aliphatic carbocycles. The first-order valence-electron chi connectivity index (χ1n) is 8.36. The molecule has 1 amide bonds. The van der Waals surface area contributed by atoms with Crippen molar-refractivity contribution >= 4 is 22.9 Å². The number of rotatable bonds is 3. The lowest BCUT2D eigenvalue weighted by atomic mass is 10.1. The zero-order valence-electron chi connectivity index (χ0n) is 14.5. The second-order valence-corrected chi connectivity index (χ2v) is 6.25. The van der Waals surface area contributed by atoms with Gasteiger partial charge in [-0.2, -0.15) is 9.49 Å². The third kappa shape index (κ3) is 2.38. The number of aryl methyl sites for hydroxylation is 1. The SMILES string of the molecule is Cn1ncnc1[C@@H]1COC(=O)N1c1noc2c(F)c(F)c(C3OCCO3)cc12. The maximum Gasteiger partial charge on any atom is 0.416 e. The molecule has 28 heavy (non-hydrogen) atoms. The molecule has 0 radical (unpaired) electrons. The van der Waals surface area contributed by atoms with Crippen molar-refractivity contribution in [2.75, 3.05) is 24.7 Å². The molecule has 146 valence electrons. The summed E-state index contributed by atoms with van der Waals surface area (Å²) >= 11 is 0. The van der Waals surface area contributed by atoms with Crippen molar-refractivity contribution < 1.29 is 32.3 Å². The maximum atomic E-state index is 14.6. The number of aromatic nitrogens is 4. The van der Waals surface area contributed by atoms with Gasteiger partial charge in [0.1, 0.15) is 19.0 Å². The quantitative estimate of drug-likeness (QED) is 0.665. The molecule has 0 unspecified atom stereocenters. The summed E-state index contributed by atoms with van der Waals surface area (Å²) in [5.74, 6) is -1.99. The van der Waals surface area contributed by atoms with Gasteiger partial charge in [-0.05, 0) is 6.07 Å². The smallest absolute Gasteiger partial charge is 0.416 e. The lowest BCUT2D eigenvalue weighted by Crippen LogP contribution is -2.29. The second-order valence-electron chi connectivity index (χ2n) is 6.25. The minimum atomic E-state index is -1.24. The van der Waals surface area contributed by atoms with Crippen LogP contribution in [0.3, 0.4) is 0 Å². The van der Waals surface area contributed by atoms with Crippen LogP contribution in [-0.4, -0.2) is 45.8 Å². The van der Waals surface area contributed by atoms with E-state index in [1.807, 2.05) is 0 Å². The van der Waals surface area contributed by atoms with Crippen molar-refractivity contribution in [3.8, 4) is 0 Å². The Balaban J connectivity index is 1.66. The Hall–Kier alpha value is -3.12. The highest BCUT2D eigenvalue weighted by Gasteiger charge is 2.41. The molecule has 0 bridgehead atoms. The fourth-order valence-electron chi connectivity index (χ4n) is 3.36. The summed E-state index contributed by atoms with van der Waals surface area (Å²) in [5.41, 5.74) is -0.569. The molecule has 0 saturated carbocycles. The van der Waals surface area contributed by atoms with Crippen molar-refractivity contribution in [1.82, 2.24) is 19.9 Å². The van der Waals surface area contributed by atoms with Gasteiger partial charge in [-0.15, -0.1) is 0 Å². The molecule has 3 aromatic rings. The van der Waals surface area contributed by atoms with Crippen LogP contribution >= 0.6 is 0 Å². The van der Waals surface area contributed by atoms with Crippen LogP contribution in [0.25, 0.3) is 11.0 Å². The van der Waals surface area contributed by atoms with Gasteiger partial charge < -0.3 is 18.7 Å². The van der Waals surface area contributed by atoms with Crippen LogP contribution < -0.4 is 4.90 Å². The van der Waals surface area contributed by atoms with E-state index < -0.39 is 35.6 Å². The number of cyclic esters (lactones) is 1. The van der Waals surface area contributed by atoms with Gasteiger partial charge in [-0.1, -0.05) is 5.16 Å². The van der Waals surface area contributed by atoms with E-state index in [1.165, 1.54) is 22.0 Å². The van der Waals surface area contributed by atoms with Crippen LogP contribution in [0.15, 0.2) is 16.9 Å². The average molecular weight is 393 g/mol. The third-order valence-corrected chi connectivity index (χ3v) is 4.68. The number of hydrogen-bond donors (Lipinski definition) is 0. The van der Waals surface area contributed by atoms with Gasteiger partial charge in [-0.25, -0.2) is 19.1 Å². The van der Waals surface area contributed by atoms with Gasteiger partial charge in [0.05, 0.1) is 18.6 Å². The second kappa shape index (κ2) is 6.21. The summed E-state index contributed by atoms with van der Waals surface area (Å²) in [6.07, 6.45) is -0.441. The van der Waals surface area contributed by atoms with Crippen molar-refractivity contribution in [2.45, 2.75) is 12.3 Å². The number of anilines is 1. The standard InChI is InChI=1S/C16H13F2N5O5/c1-22-14(19-6-20-22)9-5-27-16(24)23(9)13-8-4-7(15-25-2-3-26-15)10(17)11(18)12(8)28-21-13/h4,6,9,15H,2-3,5H2,1H3/t9-/m0/s1. The number of nitrogens with zero attached hydrogens (tertiary/aromatic N) is 5. The van der Waals surface area contributed by atoms with Gasteiger partial charge in [0.2, 0.25) is 11.4 Å². The normalized spacial score (nSPS) is 20.5. The number of amides is 1. The van der Waals surface area contributed by atoms with E-state index in [0.717, 1.165) is 0 Å². The first-order valence-corrected chi connectivity index (χ1v) is 8.36. The summed E-state index contributed by atoms with van der Waals surface area (Å²) in [7, 11) is 1.66. The summed E-state index contributed by atoms with van der Waals surface area (Å²) in [4.78, 5) is 17.7. The zero-order chi connectivity index (χ0) is 19.4. The van der Waals surface area contributed by atoms with E-state index in [9.17, 15) is 13.6 Å². The van der Waals surface area contributed by atoms with Crippen molar-refractivity contribution in [3.63, 3.8) is 0 Å². The molecule has 0 N–H and O–H groups in total. The Morgan fingerprint density at radius 1 is 1.21 bits per heavy atom. The van der Waals surface area contributed by atoms with Crippen LogP contribution in [0.1, 0.15) is 23.7 Å². The number of carbonyl (C=O) groups is 1. The number of hydrogen-bond acceptors (Lipinski definition) is 8. The number of halogens is 2. The molecule has 12 heteroatoms. The van der Waals surface area contributed by atoms with E-state index in [0.29, 0.717) is 5.82 Å².